The van der Waals surface area contributed by atoms with Gasteiger partial charge in [0.2, 0.25) is 5.88 Å². The van der Waals surface area contributed by atoms with Gasteiger partial charge >= 0.3 is 6.03 Å². The van der Waals surface area contributed by atoms with Gasteiger partial charge in [0.05, 0.1) is 6.10 Å². The van der Waals surface area contributed by atoms with Gasteiger partial charge < -0.3 is 20.1 Å². The zero-order chi connectivity index (χ0) is 17.6. The summed E-state index contributed by atoms with van der Waals surface area (Å²) in [6, 6.07) is 13.1. The molecule has 6 heteroatoms. The standard InChI is InChI=1S/C19H23N3O3/c1-14(23)16-8-10-22(12-16)19(24)21-17-7-9-20-18(11-17)25-13-15-5-3-2-4-6-15/h2-7,9,11,14,16,23H,8,10,12-13H2,1H3,(H,20,21,24). The lowest BCUT2D eigenvalue weighted by Gasteiger charge is -2.18. The van der Waals surface area contributed by atoms with E-state index in [1.54, 1.807) is 30.2 Å². The lowest BCUT2D eigenvalue weighted by Crippen LogP contribution is -2.34. The Balaban J connectivity index is 1.55. The van der Waals surface area contributed by atoms with E-state index >= 15 is 0 Å². The minimum Gasteiger partial charge on any atom is -0.473 e. The van der Waals surface area contributed by atoms with E-state index in [0.717, 1.165) is 12.0 Å². The molecular formula is C19H23N3O3. The Bertz CT molecular complexity index is 706. The number of aliphatic hydroxyl groups is 1. The summed E-state index contributed by atoms with van der Waals surface area (Å²) in [5.41, 5.74) is 1.70. The van der Waals surface area contributed by atoms with Crippen molar-refractivity contribution in [1.82, 2.24) is 9.88 Å². The number of aromatic nitrogens is 1. The van der Waals surface area contributed by atoms with E-state index in [-0.39, 0.29) is 11.9 Å². The predicted octanol–water partition coefficient (Wildman–Crippen LogP) is 2.90. The number of rotatable bonds is 5. The van der Waals surface area contributed by atoms with Crippen molar-refractivity contribution in [2.45, 2.75) is 26.1 Å². The largest absolute Gasteiger partial charge is 0.473 e. The van der Waals surface area contributed by atoms with Crippen molar-refractivity contribution in [2.75, 3.05) is 18.4 Å². The molecule has 2 unspecified atom stereocenters. The van der Waals surface area contributed by atoms with E-state index in [1.165, 1.54) is 0 Å². The molecule has 1 saturated heterocycles. The molecule has 0 aliphatic carbocycles. The Hall–Kier alpha value is -2.60. The number of nitrogens with one attached hydrogen (secondary N) is 1. The topological polar surface area (TPSA) is 74.7 Å². The summed E-state index contributed by atoms with van der Waals surface area (Å²) in [7, 11) is 0. The minimum absolute atomic E-state index is 0.146. The smallest absolute Gasteiger partial charge is 0.321 e. The fourth-order valence-electron chi connectivity index (χ4n) is 2.87. The maximum atomic E-state index is 12.3. The predicted molar refractivity (Wildman–Crippen MR) is 95.4 cm³/mol. The summed E-state index contributed by atoms with van der Waals surface area (Å²) in [6.45, 7) is 3.43. The molecule has 2 N–H and O–H groups in total. The van der Waals surface area contributed by atoms with Crippen molar-refractivity contribution in [3.05, 3.63) is 54.2 Å². The number of hydrogen-bond donors (Lipinski definition) is 2. The highest BCUT2D eigenvalue weighted by atomic mass is 16.5. The van der Waals surface area contributed by atoms with E-state index in [2.05, 4.69) is 10.3 Å². The number of carbonyl (C=O) groups is 1. The Kier molecular flexibility index (Phi) is 5.50. The number of nitrogens with zero attached hydrogens (tertiary/aromatic N) is 2. The van der Waals surface area contributed by atoms with Gasteiger partial charge in [-0.3, -0.25) is 0 Å². The molecule has 2 aromatic rings. The van der Waals surface area contributed by atoms with E-state index in [4.69, 9.17) is 4.74 Å². The molecule has 1 aromatic heterocycles. The highest BCUT2D eigenvalue weighted by Crippen LogP contribution is 2.21. The van der Waals surface area contributed by atoms with Crippen LogP contribution in [0, 0.1) is 5.92 Å². The minimum atomic E-state index is -0.392. The monoisotopic (exact) mass is 341 g/mol. The number of amides is 2. The molecule has 0 radical (unpaired) electrons. The SMILES string of the molecule is CC(O)C1CCN(C(=O)Nc2ccnc(OCc3ccccc3)c2)C1. The average Bonchev–Trinajstić information content (AvgIpc) is 3.12. The third kappa shape index (κ3) is 4.70. The number of ether oxygens (including phenoxy) is 1. The first-order chi connectivity index (χ1) is 12.1. The van der Waals surface area contributed by atoms with Crippen LogP contribution in [0.2, 0.25) is 0 Å². The Morgan fingerprint density at radius 1 is 1.40 bits per heavy atom. The number of pyridine rings is 1. The quantitative estimate of drug-likeness (QED) is 0.877. The summed E-state index contributed by atoms with van der Waals surface area (Å²) >= 11 is 0. The second-order valence-electron chi connectivity index (χ2n) is 6.32. The van der Waals surface area contributed by atoms with E-state index in [1.807, 2.05) is 30.3 Å². The van der Waals surface area contributed by atoms with Crippen LogP contribution in [0.4, 0.5) is 10.5 Å². The maximum Gasteiger partial charge on any atom is 0.321 e. The Morgan fingerprint density at radius 2 is 2.20 bits per heavy atom. The molecule has 1 aliphatic rings. The maximum absolute atomic E-state index is 12.3. The summed E-state index contributed by atoms with van der Waals surface area (Å²) in [4.78, 5) is 18.2. The summed E-state index contributed by atoms with van der Waals surface area (Å²) in [5, 5.41) is 12.5. The average molecular weight is 341 g/mol. The molecule has 2 heterocycles. The molecule has 2 atom stereocenters. The molecule has 0 spiro atoms. The fourth-order valence-corrected chi connectivity index (χ4v) is 2.87. The molecule has 2 amide bonds. The zero-order valence-electron chi connectivity index (χ0n) is 14.3. The van der Waals surface area contributed by atoms with Crippen molar-refractivity contribution in [3.8, 4) is 5.88 Å². The number of hydrogen-bond acceptors (Lipinski definition) is 4. The number of benzene rings is 1. The van der Waals surface area contributed by atoms with Crippen LogP contribution in [0.1, 0.15) is 18.9 Å². The van der Waals surface area contributed by atoms with Crippen molar-refractivity contribution in [3.63, 3.8) is 0 Å². The van der Waals surface area contributed by atoms with Crippen LogP contribution < -0.4 is 10.1 Å². The molecule has 0 saturated carbocycles. The van der Waals surface area contributed by atoms with Crippen LogP contribution in [0.15, 0.2) is 48.7 Å². The number of carbonyl (C=O) groups excluding carboxylic acids is 1. The Labute approximate surface area is 147 Å². The number of likely N-dealkylation sites (tertiary alicyclic amines) is 1. The molecule has 3 rings (SSSR count). The van der Waals surface area contributed by atoms with Gasteiger partial charge in [-0.25, -0.2) is 9.78 Å². The number of urea groups is 1. The molecule has 1 aromatic carbocycles. The van der Waals surface area contributed by atoms with Gasteiger partial charge in [-0.15, -0.1) is 0 Å². The third-order valence-electron chi connectivity index (χ3n) is 4.41. The van der Waals surface area contributed by atoms with E-state index in [0.29, 0.717) is 31.3 Å². The number of anilines is 1. The molecule has 6 nitrogen and oxygen atoms in total. The van der Waals surface area contributed by atoms with Crippen molar-refractivity contribution in [2.24, 2.45) is 5.92 Å². The van der Waals surface area contributed by atoms with Gasteiger partial charge in [0.1, 0.15) is 6.61 Å². The molecule has 0 bridgehead atoms. The van der Waals surface area contributed by atoms with Crippen LogP contribution in [0.5, 0.6) is 5.88 Å². The third-order valence-corrected chi connectivity index (χ3v) is 4.41. The Morgan fingerprint density at radius 3 is 2.92 bits per heavy atom. The van der Waals surface area contributed by atoms with Gasteiger partial charge in [0.15, 0.2) is 0 Å². The molecule has 1 fully saturated rings. The molecule has 132 valence electrons. The van der Waals surface area contributed by atoms with Gasteiger partial charge in [0, 0.05) is 37.0 Å². The fraction of sp³-hybridized carbons (Fsp3) is 0.368. The lowest BCUT2D eigenvalue weighted by atomic mass is 10.0. The van der Waals surface area contributed by atoms with Crippen LogP contribution in [-0.2, 0) is 6.61 Å². The summed E-state index contributed by atoms with van der Waals surface area (Å²) in [5.74, 6) is 0.609. The van der Waals surface area contributed by atoms with Crippen LogP contribution in [-0.4, -0.2) is 40.2 Å². The van der Waals surface area contributed by atoms with Gasteiger partial charge in [-0.1, -0.05) is 30.3 Å². The van der Waals surface area contributed by atoms with Crippen LogP contribution >= 0.6 is 0 Å². The number of aliphatic hydroxyl groups excluding tert-OH is 1. The first kappa shape index (κ1) is 17.2. The first-order valence-corrected chi connectivity index (χ1v) is 8.48. The van der Waals surface area contributed by atoms with Crippen molar-refractivity contribution >= 4 is 11.7 Å². The summed E-state index contributed by atoms with van der Waals surface area (Å²) < 4.78 is 5.68. The second-order valence-corrected chi connectivity index (χ2v) is 6.32. The van der Waals surface area contributed by atoms with Crippen molar-refractivity contribution < 1.29 is 14.6 Å². The lowest BCUT2D eigenvalue weighted by molar-refractivity contribution is 0.130. The highest BCUT2D eigenvalue weighted by Gasteiger charge is 2.29. The molecule has 25 heavy (non-hydrogen) atoms. The van der Waals surface area contributed by atoms with Gasteiger partial charge in [0.25, 0.3) is 0 Å². The van der Waals surface area contributed by atoms with Crippen molar-refractivity contribution in [1.29, 1.82) is 0 Å². The highest BCUT2D eigenvalue weighted by molar-refractivity contribution is 5.89. The van der Waals surface area contributed by atoms with E-state index < -0.39 is 6.10 Å². The van der Waals surface area contributed by atoms with Crippen LogP contribution in [0.25, 0.3) is 0 Å². The molecule has 1 aliphatic heterocycles. The first-order valence-electron chi connectivity index (χ1n) is 8.48. The van der Waals surface area contributed by atoms with Gasteiger partial charge in [-0.05, 0) is 25.0 Å². The van der Waals surface area contributed by atoms with Gasteiger partial charge in [-0.2, -0.15) is 0 Å². The van der Waals surface area contributed by atoms with Crippen LogP contribution in [0.3, 0.4) is 0 Å². The second kappa shape index (κ2) is 7.98. The normalized spacial score (nSPS) is 18.0. The molecular weight excluding hydrogens is 318 g/mol. The zero-order valence-corrected chi connectivity index (χ0v) is 14.3. The van der Waals surface area contributed by atoms with E-state index in [9.17, 15) is 9.90 Å². The summed E-state index contributed by atoms with van der Waals surface area (Å²) in [6.07, 6.45) is 2.04.